The van der Waals surface area contributed by atoms with E-state index in [1.807, 2.05) is 0 Å². The number of nitrogens with one attached hydrogen (secondary N) is 1. The number of halogens is 2. The molecule has 2 rings (SSSR count). The van der Waals surface area contributed by atoms with E-state index in [4.69, 9.17) is 5.73 Å². The van der Waals surface area contributed by atoms with E-state index in [9.17, 15) is 13.6 Å². The van der Waals surface area contributed by atoms with Crippen molar-refractivity contribution in [1.82, 2.24) is 0 Å². The van der Waals surface area contributed by atoms with Gasteiger partial charge in [-0.25, -0.2) is 0 Å². The van der Waals surface area contributed by atoms with Crippen LogP contribution in [-0.4, -0.2) is 18.6 Å². The van der Waals surface area contributed by atoms with Gasteiger partial charge in [0.25, 0.3) is 0 Å². The predicted octanol–water partition coefficient (Wildman–Crippen LogP) is 2.13. The summed E-state index contributed by atoms with van der Waals surface area (Å²) in [6.45, 7) is -2.93. The number of amides is 1. The van der Waals surface area contributed by atoms with Crippen molar-refractivity contribution in [2.75, 3.05) is 5.32 Å². The van der Waals surface area contributed by atoms with Crippen molar-refractivity contribution < 1.29 is 18.3 Å². The highest BCUT2D eigenvalue weighted by Crippen LogP contribution is 2.27. The van der Waals surface area contributed by atoms with Gasteiger partial charge in [-0.05, 0) is 18.6 Å². The van der Waals surface area contributed by atoms with E-state index in [2.05, 4.69) is 10.1 Å². The molecule has 1 aromatic carbocycles. The van der Waals surface area contributed by atoms with Gasteiger partial charge in [0.1, 0.15) is 5.75 Å². The van der Waals surface area contributed by atoms with Crippen molar-refractivity contribution in [3.05, 3.63) is 36.4 Å². The summed E-state index contributed by atoms with van der Waals surface area (Å²) in [5.74, 6) is -0.679. The van der Waals surface area contributed by atoms with Gasteiger partial charge in [-0.15, -0.1) is 0 Å². The fourth-order valence-corrected chi connectivity index (χ4v) is 1.92. The van der Waals surface area contributed by atoms with Crippen LogP contribution < -0.4 is 15.8 Å². The fourth-order valence-electron chi connectivity index (χ4n) is 1.92. The quantitative estimate of drug-likeness (QED) is 0.822. The molecule has 0 aliphatic heterocycles. The summed E-state index contributed by atoms with van der Waals surface area (Å²) in [5.41, 5.74) is 5.89. The van der Waals surface area contributed by atoms with Crippen molar-refractivity contribution in [3.8, 4) is 5.75 Å². The molecule has 0 fully saturated rings. The molecule has 2 atom stereocenters. The second-order valence-corrected chi connectivity index (χ2v) is 4.25. The largest absolute Gasteiger partial charge is 0.433 e. The van der Waals surface area contributed by atoms with Crippen LogP contribution in [0.1, 0.15) is 6.42 Å². The number of alkyl halides is 2. The molecule has 2 unspecified atom stereocenters. The van der Waals surface area contributed by atoms with Crippen molar-refractivity contribution in [1.29, 1.82) is 0 Å². The molecule has 0 bridgehead atoms. The summed E-state index contributed by atoms with van der Waals surface area (Å²) in [6, 6.07) is 5.93. The monoisotopic (exact) mass is 268 g/mol. The summed E-state index contributed by atoms with van der Waals surface area (Å²) < 4.78 is 28.8. The molecular formula is C13H14F2N2O2. The average Bonchev–Trinajstić information content (AvgIpc) is 2.78. The van der Waals surface area contributed by atoms with Gasteiger partial charge in [-0.1, -0.05) is 24.3 Å². The number of nitrogens with two attached hydrogens (primary N) is 1. The first-order valence-corrected chi connectivity index (χ1v) is 5.85. The topological polar surface area (TPSA) is 64.4 Å². The van der Waals surface area contributed by atoms with Crippen LogP contribution in [0, 0.1) is 5.92 Å². The van der Waals surface area contributed by atoms with Crippen LogP contribution in [0.5, 0.6) is 5.75 Å². The van der Waals surface area contributed by atoms with Gasteiger partial charge in [-0.3, -0.25) is 4.79 Å². The summed E-state index contributed by atoms with van der Waals surface area (Å²) in [5, 5.41) is 2.57. The number of carbonyl (C=O) groups excluding carboxylic acids is 1. The molecule has 0 saturated heterocycles. The molecule has 1 amide bonds. The summed E-state index contributed by atoms with van der Waals surface area (Å²) >= 11 is 0. The van der Waals surface area contributed by atoms with E-state index in [0.717, 1.165) is 0 Å². The molecule has 102 valence electrons. The second-order valence-electron chi connectivity index (χ2n) is 4.25. The van der Waals surface area contributed by atoms with Gasteiger partial charge in [0.15, 0.2) is 0 Å². The number of carbonyl (C=O) groups is 1. The molecule has 4 nitrogen and oxygen atoms in total. The van der Waals surface area contributed by atoms with Gasteiger partial charge in [0, 0.05) is 6.04 Å². The molecule has 0 heterocycles. The van der Waals surface area contributed by atoms with Gasteiger partial charge in [-0.2, -0.15) is 8.78 Å². The Morgan fingerprint density at radius 1 is 1.37 bits per heavy atom. The number of hydrogen-bond acceptors (Lipinski definition) is 3. The number of benzene rings is 1. The van der Waals surface area contributed by atoms with E-state index in [1.54, 1.807) is 24.3 Å². The highest BCUT2D eigenvalue weighted by molar-refractivity contribution is 5.95. The standard InChI is InChI=1S/C13H14F2N2O2/c14-13(15)19-11-4-2-1-3-10(11)17-12(18)8-5-6-9(16)7-8/h1-6,8-9,13H,7,16H2,(H,17,18). The molecule has 0 spiro atoms. The highest BCUT2D eigenvalue weighted by atomic mass is 19.3. The van der Waals surface area contributed by atoms with Crippen LogP contribution in [0.25, 0.3) is 0 Å². The van der Waals surface area contributed by atoms with Crippen LogP contribution >= 0.6 is 0 Å². The molecule has 19 heavy (non-hydrogen) atoms. The second kappa shape index (κ2) is 5.79. The Balaban J connectivity index is 2.06. The Morgan fingerprint density at radius 2 is 2.11 bits per heavy atom. The van der Waals surface area contributed by atoms with Gasteiger partial charge in [0.2, 0.25) is 5.91 Å². The van der Waals surface area contributed by atoms with E-state index in [-0.39, 0.29) is 29.3 Å². The maximum Gasteiger partial charge on any atom is 0.387 e. The highest BCUT2D eigenvalue weighted by Gasteiger charge is 2.23. The molecule has 1 aliphatic rings. The zero-order valence-corrected chi connectivity index (χ0v) is 10.1. The maximum atomic E-state index is 12.2. The van der Waals surface area contributed by atoms with Crippen molar-refractivity contribution in [3.63, 3.8) is 0 Å². The third kappa shape index (κ3) is 3.51. The van der Waals surface area contributed by atoms with E-state index in [1.165, 1.54) is 12.1 Å². The van der Waals surface area contributed by atoms with Gasteiger partial charge >= 0.3 is 6.61 Å². The zero-order valence-electron chi connectivity index (χ0n) is 10.1. The minimum Gasteiger partial charge on any atom is -0.433 e. The Bertz CT molecular complexity index is 491. The lowest BCUT2D eigenvalue weighted by molar-refractivity contribution is -0.118. The molecule has 6 heteroatoms. The maximum absolute atomic E-state index is 12.2. The lowest BCUT2D eigenvalue weighted by Gasteiger charge is -2.14. The molecule has 0 radical (unpaired) electrons. The first kappa shape index (κ1) is 13.5. The van der Waals surface area contributed by atoms with Gasteiger partial charge < -0.3 is 15.8 Å². The van der Waals surface area contributed by atoms with E-state index in [0.29, 0.717) is 6.42 Å². The first-order chi connectivity index (χ1) is 9.06. The minimum absolute atomic E-state index is 0.0582. The van der Waals surface area contributed by atoms with Crippen LogP contribution in [0.4, 0.5) is 14.5 Å². The Morgan fingerprint density at radius 3 is 2.74 bits per heavy atom. The number of anilines is 1. The molecular weight excluding hydrogens is 254 g/mol. The lowest BCUT2D eigenvalue weighted by Crippen LogP contribution is -2.24. The Hall–Kier alpha value is -1.95. The summed E-state index contributed by atoms with van der Waals surface area (Å²) in [6.07, 6.45) is 3.99. The van der Waals surface area contributed by atoms with E-state index < -0.39 is 6.61 Å². The molecule has 3 N–H and O–H groups in total. The van der Waals surface area contributed by atoms with Crippen LogP contribution in [0.15, 0.2) is 36.4 Å². The van der Waals surface area contributed by atoms with Crippen molar-refractivity contribution in [2.45, 2.75) is 19.1 Å². The summed E-state index contributed by atoms with van der Waals surface area (Å²) in [7, 11) is 0. The number of ether oxygens (including phenoxy) is 1. The lowest BCUT2D eigenvalue weighted by atomic mass is 10.1. The first-order valence-electron chi connectivity index (χ1n) is 5.85. The Kier molecular flexibility index (Phi) is 4.11. The number of para-hydroxylation sites is 2. The smallest absolute Gasteiger partial charge is 0.387 e. The summed E-state index contributed by atoms with van der Waals surface area (Å²) in [4.78, 5) is 11.9. The molecule has 1 aliphatic carbocycles. The van der Waals surface area contributed by atoms with E-state index >= 15 is 0 Å². The van der Waals surface area contributed by atoms with Gasteiger partial charge in [0.05, 0.1) is 11.6 Å². The Labute approximate surface area is 109 Å². The SMILES string of the molecule is NC1C=CC(C(=O)Nc2ccccc2OC(F)F)C1. The van der Waals surface area contributed by atoms with Crippen LogP contribution in [0.2, 0.25) is 0 Å². The van der Waals surface area contributed by atoms with Crippen LogP contribution in [-0.2, 0) is 4.79 Å². The fraction of sp³-hybridized carbons (Fsp3) is 0.308. The third-order valence-electron chi connectivity index (χ3n) is 2.81. The molecule has 0 saturated carbocycles. The third-order valence-corrected chi connectivity index (χ3v) is 2.81. The number of rotatable bonds is 4. The zero-order chi connectivity index (χ0) is 13.8. The van der Waals surface area contributed by atoms with Crippen molar-refractivity contribution in [2.24, 2.45) is 11.7 Å². The van der Waals surface area contributed by atoms with Crippen molar-refractivity contribution >= 4 is 11.6 Å². The van der Waals surface area contributed by atoms with Crippen LogP contribution in [0.3, 0.4) is 0 Å². The minimum atomic E-state index is -2.93. The average molecular weight is 268 g/mol. The number of hydrogen-bond donors (Lipinski definition) is 2. The predicted molar refractivity (Wildman–Crippen MR) is 66.9 cm³/mol. The molecule has 0 aromatic heterocycles. The normalized spacial score (nSPS) is 21.7. The molecule has 1 aromatic rings.